The number of aliphatic imine (C=N–C) groups is 1. The SMILES string of the molecule is CN1C=CC=C2C1=NC(=Cc1nc(-n3cccn3)nc(-n3cccn3)n1)C2(C)C. The van der Waals surface area contributed by atoms with Crippen molar-refractivity contribution >= 4 is 11.9 Å². The summed E-state index contributed by atoms with van der Waals surface area (Å²) in [7, 11) is 2.00. The number of rotatable bonds is 3. The third kappa shape index (κ3) is 2.87. The Morgan fingerprint density at radius 2 is 1.59 bits per heavy atom. The normalized spacial score (nSPS) is 18.7. The van der Waals surface area contributed by atoms with Gasteiger partial charge in [-0.2, -0.15) is 25.1 Å². The molecule has 144 valence electrons. The molecule has 9 heteroatoms. The van der Waals surface area contributed by atoms with E-state index in [-0.39, 0.29) is 5.41 Å². The van der Waals surface area contributed by atoms with E-state index in [0.29, 0.717) is 17.7 Å². The molecular weight excluding hydrogens is 366 g/mol. The number of likely N-dealkylation sites (N-methyl/N-ethyl adjacent to an activating group) is 1. The van der Waals surface area contributed by atoms with Crippen molar-refractivity contribution in [2.45, 2.75) is 13.8 Å². The summed E-state index contributed by atoms with van der Waals surface area (Å²) in [5, 5.41) is 8.48. The van der Waals surface area contributed by atoms with Crippen molar-refractivity contribution < 1.29 is 0 Å². The van der Waals surface area contributed by atoms with Crippen LogP contribution in [-0.2, 0) is 0 Å². The molecule has 0 aromatic carbocycles. The van der Waals surface area contributed by atoms with Gasteiger partial charge in [-0.3, -0.25) is 0 Å². The molecule has 9 nitrogen and oxygen atoms in total. The zero-order valence-corrected chi connectivity index (χ0v) is 16.3. The van der Waals surface area contributed by atoms with Crippen LogP contribution in [0.1, 0.15) is 19.7 Å². The molecule has 0 atom stereocenters. The van der Waals surface area contributed by atoms with Crippen molar-refractivity contribution in [3.63, 3.8) is 0 Å². The summed E-state index contributed by atoms with van der Waals surface area (Å²) in [4.78, 5) is 20.6. The van der Waals surface area contributed by atoms with Gasteiger partial charge in [0.05, 0.1) is 5.70 Å². The topological polar surface area (TPSA) is 89.9 Å². The van der Waals surface area contributed by atoms with Gasteiger partial charge in [-0.15, -0.1) is 0 Å². The highest BCUT2D eigenvalue weighted by atomic mass is 15.4. The largest absolute Gasteiger partial charge is 0.336 e. The van der Waals surface area contributed by atoms with E-state index >= 15 is 0 Å². The van der Waals surface area contributed by atoms with Crippen molar-refractivity contribution in [1.29, 1.82) is 0 Å². The molecule has 2 aliphatic rings. The van der Waals surface area contributed by atoms with Gasteiger partial charge in [0.15, 0.2) is 5.82 Å². The minimum absolute atomic E-state index is 0.265. The van der Waals surface area contributed by atoms with Crippen LogP contribution in [0, 0.1) is 5.41 Å². The standard InChI is InChI=1S/C20H19N9/c1-20(2)14-7-4-10-27(3)17(14)23-15(20)13-16-24-18(28-11-5-8-21-28)26-19(25-16)29-12-6-9-22-29/h4-13H,1-3H3. The molecule has 0 saturated carbocycles. The molecule has 0 spiro atoms. The summed E-state index contributed by atoms with van der Waals surface area (Å²) in [5.74, 6) is 2.28. The number of nitrogens with zero attached hydrogens (tertiary/aromatic N) is 9. The van der Waals surface area contributed by atoms with Crippen LogP contribution in [-0.4, -0.2) is 52.3 Å². The van der Waals surface area contributed by atoms with Gasteiger partial charge in [-0.05, 0) is 18.2 Å². The predicted molar refractivity (Wildman–Crippen MR) is 108 cm³/mol. The lowest BCUT2D eigenvalue weighted by molar-refractivity contribution is 0.566. The maximum absolute atomic E-state index is 4.86. The average molecular weight is 385 g/mol. The molecular formula is C20H19N9. The molecule has 0 aliphatic carbocycles. The maximum atomic E-state index is 4.86. The average Bonchev–Trinajstić information content (AvgIpc) is 3.45. The summed E-state index contributed by atoms with van der Waals surface area (Å²) >= 11 is 0. The molecule has 5 rings (SSSR count). The fourth-order valence-electron chi connectivity index (χ4n) is 3.37. The van der Waals surface area contributed by atoms with Gasteiger partial charge in [0.25, 0.3) is 11.9 Å². The first-order valence-electron chi connectivity index (χ1n) is 9.21. The molecule has 3 aromatic heterocycles. The predicted octanol–water partition coefficient (Wildman–Crippen LogP) is 2.41. The van der Waals surface area contributed by atoms with Gasteiger partial charge >= 0.3 is 0 Å². The lowest BCUT2D eigenvalue weighted by Crippen LogP contribution is -2.27. The van der Waals surface area contributed by atoms with Crippen LogP contribution in [0.25, 0.3) is 18.0 Å². The summed E-state index contributed by atoms with van der Waals surface area (Å²) in [6.07, 6.45) is 15.0. The van der Waals surface area contributed by atoms with E-state index in [0.717, 1.165) is 11.5 Å². The smallest absolute Gasteiger partial charge is 0.255 e. The minimum Gasteiger partial charge on any atom is -0.336 e. The van der Waals surface area contributed by atoms with Crippen LogP contribution in [0.3, 0.4) is 0 Å². The van der Waals surface area contributed by atoms with E-state index in [2.05, 4.69) is 45.1 Å². The molecule has 0 fully saturated rings. The number of amidine groups is 1. The molecule has 0 N–H and O–H groups in total. The molecule has 0 radical (unpaired) electrons. The van der Waals surface area contributed by atoms with Crippen molar-refractivity contribution in [1.82, 2.24) is 39.4 Å². The van der Waals surface area contributed by atoms with Crippen molar-refractivity contribution in [2.75, 3.05) is 7.05 Å². The molecule has 0 bridgehead atoms. The van der Waals surface area contributed by atoms with Gasteiger partial charge < -0.3 is 4.90 Å². The number of hydrogen-bond donors (Lipinski definition) is 0. The molecule has 2 aliphatic heterocycles. The molecule has 5 heterocycles. The van der Waals surface area contributed by atoms with E-state index in [1.165, 1.54) is 5.57 Å². The number of fused-ring (bicyclic) bond motifs is 1. The van der Waals surface area contributed by atoms with E-state index < -0.39 is 0 Å². The molecule has 29 heavy (non-hydrogen) atoms. The van der Waals surface area contributed by atoms with Crippen molar-refractivity contribution in [2.24, 2.45) is 10.4 Å². The van der Waals surface area contributed by atoms with E-state index in [1.54, 1.807) is 34.2 Å². The van der Waals surface area contributed by atoms with E-state index in [9.17, 15) is 0 Å². The van der Waals surface area contributed by atoms with Crippen LogP contribution in [0.15, 0.2) is 71.5 Å². The zero-order chi connectivity index (χ0) is 20.0. The summed E-state index contributed by atoms with van der Waals surface area (Å²) < 4.78 is 3.20. The van der Waals surface area contributed by atoms with Gasteiger partial charge in [0, 0.05) is 55.1 Å². The Bertz CT molecular complexity index is 1130. The molecule has 0 amide bonds. The molecule has 0 unspecified atom stereocenters. The third-order valence-corrected chi connectivity index (χ3v) is 5.00. The Hall–Kier alpha value is -3.88. The van der Waals surface area contributed by atoms with Crippen molar-refractivity contribution in [3.05, 3.63) is 72.4 Å². The minimum atomic E-state index is -0.265. The first kappa shape index (κ1) is 17.2. The zero-order valence-electron chi connectivity index (χ0n) is 16.3. The highest BCUT2D eigenvalue weighted by Crippen LogP contribution is 2.44. The highest BCUT2D eigenvalue weighted by Gasteiger charge is 2.39. The molecule has 0 saturated heterocycles. The lowest BCUT2D eigenvalue weighted by Gasteiger charge is -2.25. The van der Waals surface area contributed by atoms with Gasteiger partial charge in [-0.1, -0.05) is 19.9 Å². The maximum Gasteiger partial charge on any atom is 0.255 e. The third-order valence-electron chi connectivity index (χ3n) is 5.00. The van der Waals surface area contributed by atoms with E-state index in [1.807, 2.05) is 42.4 Å². The van der Waals surface area contributed by atoms with Crippen LogP contribution in [0.2, 0.25) is 0 Å². The van der Waals surface area contributed by atoms with Crippen LogP contribution in [0.4, 0.5) is 0 Å². The first-order chi connectivity index (χ1) is 14.0. The second-order valence-electron chi connectivity index (χ2n) is 7.32. The summed E-state index contributed by atoms with van der Waals surface area (Å²) in [6.45, 7) is 4.30. The van der Waals surface area contributed by atoms with Gasteiger partial charge in [-0.25, -0.2) is 14.4 Å². The lowest BCUT2D eigenvalue weighted by atomic mass is 9.81. The monoisotopic (exact) mass is 385 g/mol. The Morgan fingerprint density at radius 3 is 2.14 bits per heavy atom. The van der Waals surface area contributed by atoms with Gasteiger partial charge in [0.2, 0.25) is 0 Å². The number of aromatic nitrogens is 7. The number of allylic oxidation sites excluding steroid dienone is 3. The second kappa shape index (κ2) is 6.33. The number of hydrogen-bond acceptors (Lipinski definition) is 7. The van der Waals surface area contributed by atoms with Crippen LogP contribution >= 0.6 is 0 Å². The van der Waals surface area contributed by atoms with Gasteiger partial charge in [0.1, 0.15) is 5.84 Å². The second-order valence-corrected chi connectivity index (χ2v) is 7.32. The summed E-state index contributed by atoms with van der Waals surface area (Å²) in [5.41, 5.74) is 1.79. The van der Waals surface area contributed by atoms with Crippen molar-refractivity contribution in [3.8, 4) is 11.9 Å². The highest BCUT2D eigenvalue weighted by molar-refractivity contribution is 6.05. The van der Waals surface area contributed by atoms with Crippen LogP contribution < -0.4 is 0 Å². The Kier molecular flexibility index (Phi) is 3.76. The molecule has 3 aromatic rings. The Labute approximate surface area is 167 Å². The Morgan fingerprint density at radius 1 is 0.931 bits per heavy atom. The quantitative estimate of drug-likeness (QED) is 0.688. The fraction of sp³-hybridized carbons (Fsp3) is 0.200. The fourth-order valence-corrected chi connectivity index (χ4v) is 3.37. The van der Waals surface area contributed by atoms with Crippen LogP contribution in [0.5, 0.6) is 0 Å². The summed E-state index contributed by atoms with van der Waals surface area (Å²) in [6, 6.07) is 3.64. The van der Waals surface area contributed by atoms with E-state index in [4.69, 9.17) is 4.99 Å². The Balaban J connectivity index is 1.65. The first-order valence-corrected chi connectivity index (χ1v) is 9.21.